The molecule has 0 radical (unpaired) electrons. The summed E-state index contributed by atoms with van der Waals surface area (Å²) in [6, 6.07) is 21.7. The Morgan fingerprint density at radius 2 is 1.13 bits per heavy atom. The van der Waals surface area contributed by atoms with Crippen LogP contribution in [0.2, 0.25) is 0 Å². The van der Waals surface area contributed by atoms with Gasteiger partial charge in [0, 0.05) is 31.9 Å². The summed E-state index contributed by atoms with van der Waals surface area (Å²) < 4.78 is 49.5. The number of morpholine rings is 1. The Hall–Kier alpha value is -7.28. The van der Waals surface area contributed by atoms with Crippen LogP contribution in [-0.2, 0) is 23.8 Å². The molecule has 75 heavy (non-hydrogen) atoms. The van der Waals surface area contributed by atoms with Crippen molar-refractivity contribution >= 4 is 57.4 Å². The number of hydrogen-bond acceptors (Lipinski definition) is 11. The van der Waals surface area contributed by atoms with Gasteiger partial charge in [-0.05, 0) is 103 Å². The lowest BCUT2D eigenvalue weighted by Crippen LogP contribution is -2.51. The van der Waals surface area contributed by atoms with Gasteiger partial charge < -0.3 is 54.4 Å². The Morgan fingerprint density at radius 1 is 0.640 bits per heavy atom. The SMILES string of the molecule is COC(=O)NC(C(=O)N1CCC[C@H]1c1nc2cc([C@H]3CC[C@H](c4ccc5[nH]c([C@@H]6CCCN6C(=O)[C@@H](NC(=O)OC)C(C)C)nc5c4)N3c3cc(F)c(N4CCOC(c5ccccc5)C4)c(F)c3)ccc2[nH]1)C(C)C. The van der Waals surface area contributed by atoms with Crippen LogP contribution in [0.25, 0.3) is 22.1 Å². The minimum absolute atomic E-state index is 0.0910. The number of rotatable bonds is 13. The number of benzene rings is 4. The van der Waals surface area contributed by atoms with Gasteiger partial charge in [0.15, 0.2) is 11.6 Å². The van der Waals surface area contributed by atoms with E-state index in [2.05, 4.69) is 25.5 Å². The zero-order chi connectivity index (χ0) is 52.7. The molecule has 4 aromatic carbocycles. The number of alkyl carbamates (subject to hydrolysis) is 2. The molecule has 4 fully saturated rings. The van der Waals surface area contributed by atoms with Crippen LogP contribution in [0.4, 0.5) is 29.7 Å². The number of hydrogen-bond donors (Lipinski definition) is 4. The number of carbonyl (C=O) groups is 4. The first kappa shape index (κ1) is 51.2. The summed E-state index contributed by atoms with van der Waals surface area (Å²) in [6.45, 7) is 9.47. The quantitative estimate of drug-likeness (QED) is 0.0862. The lowest BCUT2D eigenvalue weighted by molar-refractivity contribution is -0.136. The predicted octanol–water partition coefficient (Wildman–Crippen LogP) is 9.47. The third-order valence-electron chi connectivity index (χ3n) is 15.5. The van der Waals surface area contributed by atoms with Gasteiger partial charge in [0.25, 0.3) is 0 Å². The maximum Gasteiger partial charge on any atom is 0.407 e. The van der Waals surface area contributed by atoms with E-state index in [4.69, 9.17) is 24.2 Å². The van der Waals surface area contributed by atoms with E-state index < -0.39 is 35.9 Å². The summed E-state index contributed by atoms with van der Waals surface area (Å²) >= 11 is 0. The third-order valence-corrected chi connectivity index (χ3v) is 15.5. The van der Waals surface area contributed by atoms with E-state index in [1.54, 1.807) is 14.7 Å². The van der Waals surface area contributed by atoms with Crippen molar-refractivity contribution in [2.75, 3.05) is 56.8 Å². The minimum Gasteiger partial charge on any atom is -0.453 e. The summed E-state index contributed by atoms with van der Waals surface area (Å²) in [5.74, 6) is -0.825. The normalized spacial score (nSPS) is 21.9. The fourth-order valence-corrected chi connectivity index (χ4v) is 11.8. The molecule has 4 saturated heterocycles. The van der Waals surface area contributed by atoms with Gasteiger partial charge in [-0.3, -0.25) is 9.59 Å². The fourth-order valence-electron chi connectivity index (χ4n) is 11.8. The zero-order valence-electron chi connectivity index (χ0n) is 43.3. The summed E-state index contributed by atoms with van der Waals surface area (Å²) in [5, 5.41) is 5.43. The second-order valence-corrected chi connectivity index (χ2v) is 20.9. The van der Waals surface area contributed by atoms with Crippen LogP contribution in [-0.4, -0.2) is 113 Å². The van der Waals surface area contributed by atoms with Crippen molar-refractivity contribution in [2.45, 2.75) is 109 Å². The lowest BCUT2D eigenvalue weighted by Gasteiger charge is -2.36. The van der Waals surface area contributed by atoms with E-state index in [0.29, 0.717) is 80.3 Å². The van der Waals surface area contributed by atoms with Gasteiger partial charge >= 0.3 is 12.2 Å². The molecule has 10 rings (SSSR count). The predicted molar refractivity (Wildman–Crippen MR) is 279 cm³/mol. The van der Waals surface area contributed by atoms with Crippen LogP contribution < -0.4 is 20.4 Å². The molecule has 396 valence electrons. The molecular weight excluding hydrogens is 963 g/mol. The lowest BCUT2D eigenvalue weighted by atomic mass is 10.0. The van der Waals surface area contributed by atoms with Crippen molar-refractivity contribution in [1.82, 2.24) is 40.4 Å². The molecule has 6 heterocycles. The molecule has 17 nitrogen and oxygen atoms in total. The van der Waals surface area contributed by atoms with E-state index >= 15 is 8.78 Å². The fraction of sp³-hybridized carbons (Fsp3) is 0.464. The highest BCUT2D eigenvalue weighted by molar-refractivity contribution is 5.88. The van der Waals surface area contributed by atoms with Gasteiger partial charge in [-0.15, -0.1) is 0 Å². The largest absolute Gasteiger partial charge is 0.453 e. The molecule has 4 aliphatic heterocycles. The van der Waals surface area contributed by atoms with Crippen LogP contribution in [0.5, 0.6) is 0 Å². The number of halogens is 2. The minimum atomic E-state index is -0.774. The highest BCUT2D eigenvalue weighted by atomic mass is 19.1. The van der Waals surface area contributed by atoms with Crippen molar-refractivity contribution in [2.24, 2.45) is 11.8 Å². The van der Waals surface area contributed by atoms with Gasteiger partial charge in [-0.2, -0.15) is 0 Å². The van der Waals surface area contributed by atoms with Crippen LogP contribution in [0.3, 0.4) is 0 Å². The molecule has 0 spiro atoms. The van der Waals surface area contributed by atoms with E-state index in [1.165, 1.54) is 26.4 Å². The molecule has 4 N–H and O–H groups in total. The second-order valence-electron chi connectivity index (χ2n) is 20.9. The second kappa shape index (κ2) is 21.5. The summed E-state index contributed by atoms with van der Waals surface area (Å²) in [4.78, 5) is 76.9. The number of imidazole rings is 2. The van der Waals surface area contributed by atoms with E-state index in [1.807, 2.05) is 94.4 Å². The molecule has 2 aromatic heterocycles. The van der Waals surface area contributed by atoms with Crippen molar-refractivity contribution in [1.29, 1.82) is 0 Å². The Bertz CT molecular complexity index is 2910. The van der Waals surface area contributed by atoms with Gasteiger partial charge in [0.2, 0.25) is 11.8 Å². The third kappa shape index (κ3) is 10.2. The van der Waals surface area contributed by atoms with Crippen LogP contribution >= 0.6 is 0 Å². The molecular formula is C56H66F2N10O7. The summed E-state index contributed by atoms with van der Waals surface area (Å²) in [5.41, 5.74) is 6.00. The van der Waals surface area contributed by atoms with E-state index in [0.717, 1.165) is 40.6 Å². The first-order chi connectivity index (χ1) is 36.2. The number of carbonyl (C=O) groups excluding carboxylic acids is 4. The van der Waals surface area contributed by atoms with Gasteiger partial charge in [-0.25, -0.2) is 28.3 Å². The Morgan fingerprint density at radius 3 is 1.60 bits per heavy atom. The summed E-state index contributed by atoms with van der Waals surface area (Å²) in [6.07, 6.45) is 2.52. The highest BCUT2D eigenvalue weighted by Gasteiger charge is 2.41. The maximum absolute atomic E-state index is 16.9. The number of H-pyrrole nitrogens is 2. The highest BCUT2D eigenvalue weighted by Crippen LogP contribution is 2.49. The van der Waals surface area contributed by atoms with Crippen LogP contribution in [0, 0.1) is 23.5 Å². The number of likely N-dealkylation sites (tertiary alicyclic amines) is 2. The Balaban J connectivity index is 0.978. The number of nitrogens with zero attached hydrogens (tertiary/aromatic N) is 6. The Labute approximate surface area is 434 Å². The average molecular weight is 1030 g/mol. The number of anilines is 2. The zero-order valence-corrected chi connectivity index (χ0v) is 43.3. The van der Waals surface area contributed by atoms with E-state index in [-0.39, 0.29) is 66.2 Å². The maximum atomic E-state index is 16.9. The monoisotopic (exact) mass is 1030 g/mol. The number of fused-ring (bicyclic) bond motifs is 2. The molecule has 7 atom stereocenters. The molecule has 2 unspecified atom stereocenters. The average Bonchev–Trinajstić information content (AvgIpc) is 4.28. The molecule has 0 aliphatic carbocycles. The molecule has 19 heteroatoms. The standard InChI is InChI=1S/C56H66F2N10O7/c1-31(2)48(63-55(71)73-5)53(69)66-22-10-14-45(66)51-59-39-18-16-34(26-41(39)61-51)43-20-21-44(68(43)36-28-37(57)50(38(58)29-36)65-24-25-75-47(30-65)33-12-8-7-9-13-33)35-17-19-40-42(27-35)62-52(60-40)46-15-11-23-67(46)54(70)49(32(3)4)64-56(72)74-6/h7-9,12-13,16-19,26-29,31-32,43-49H,10-11,14-15,20-25,30H2,1-6H3,(H,59,61)(H,60,62)(H,63,71)(H,64,72)/t43-,44-,45+,46+,47?,48+,49?/m1/s1. The van der Waals surface area contributed by atoms with Gasteiger partial charge in [-0.1, -0.05) is 70.2 Å². The molecule has 6 aromatic rings. The molecule has 0 bridgehead atoms. The topological polar surface area (TPSA) is 190 Å². The number of aromatic amines is 2. The van der Waals surface area contributed by atoms with Crippen molar-refractivity contribution in [3.63, 3.8) is 0 Å². The van der Waals surface area contributed by atoms with Crippen molar-refractivity contribution in [3.05, 3.63) is 119 Å². The van der Waals surface area contributed by atoms with Crippen LogP contribution in [0.15, 0.2) is 78.9 Å². The molecule has 4 aliphatic rings. The van der Waals surface area contributed by atoms with Gasteiger partial charge in [0.1, 0.15) is 35.5 Å². The molecule has 0 saturated carbocycles. The van der Waals surface area contributed by atoms with Crippen LogP contribution in [0.1, 0.15) is 125 Å². The first-order valence-electron chi connectivity index (χ1n) is 26.2. The van der Waals surface area contributed by atoms with Gasteiger partial charge in [0.05, 0.1) is 67.1 Å². The number of ether oxygens (including phenoxy) is 3. The summed E-state index contributed by atoms with van der Waals surface area (Å²) in [7, 11) is 2.54. The van der Waals surface area contributed by atoms with Crippen molar-refractivity contribution in [3.8, 4) is 0 Å². The van der Waals surface area contributed by atoms with Crippen molar-refractivity contribution < 1.29 is 42.2 Å². The Kier molecular flexibility index (Phi) is 14.7. The smallest absolute Gasteiger partial charge is 0.407 e. The number of aromatic nitrogens is 4. The van der Waals surface area contributed by atoms with E-state index in [9.17, 15) is 19.2 Å². The molecule has 4 amide bonds. The number of methoxy groups -OCH3 is 2. The number of nitrogens with one attached hydrogen (secondary N) is 4. The first-order valence-corrected chi connectivity index (χ1v) is 26.2. The number of amides is 4.